The van der Waals surface area contributed by atoms with Gasteiger partial charge in [-0.2, -0.15) is 0 Å². The summed E-state index contributed by atoms with van der Waals surface area (Å²) in [5, 5.41) is 0. The molecule has 2 aromatic rings. The second kappa shape index (κ2) is 13.7. The van der Waals surface area contributed by atoms with Crippen LogP contribution in [0.4, 0.5) is 9.41 Å². The van der Waals surface area contributed by atoms with Crippen LogP contribution in [-0.4, -0.2) is 63.0 Å². The number of rotatable bonds is 5. The first-order valence-electron chi connectivity index (χ1n) is 10.2. The van der Waals surface area contributed by atoms with Crippen LogP contribution in [0.15, 0.2) is 48.5 Å². The summed E-state index contributed by atoms with van der Waals surface area (Å²) >= 11 is -0.511. The zero-order valence-corrected chi connectivity index (χ0v) is 27.0. The summed E-state index contributed by atoms with van der Waals surface area (Å²) in [5.74, 6) is 0. The summed E-state index contributed by atoms with van der Waals surface area (Å²) in [4.78, 5) is 4.73. The molecule has 0 bridgehead atoms. The molecule has 0 atom stereocenters. The fourth-order valence-electron chi connectivity index (χ4n) is 3.99. The summed E-state index contributed by atoms with van der Waals surface area (Å²) in [7, 11) is -2.21. The van der Waals surface area contributed by atoms with E-state index in [1.54, 1.807) is 9.14 Å². The second-order valence-electron chi connectivity index (χ2n) is 8.82. The van der Waals surface area contributed by atoms with Crippen LogP contribution >= 0.6 is 0 Å². The molecule has 0 spiro atoms. The Balaban J connectivity index is 0.000000604. The van der Waals surface area contributed by atoms with Crippen LogP contribution in [0.3, 0.4) is 0 Å². The fourth-order valence-corrected chi connectivity index (χ4v) is 21.3. The van der Waals surface area contributed by atoms with Crippen molar-refractivity contribution in [3.05, 3.63) is 59.7 Å². The van der Waals surface area contributed by atoms with Crippen molar-refractivity contribution in [3.8, 4) is 0 Å². The number of halogens is 2. The van der Waals surface area contributed by atoms with E-state index in [0.717, 1.165) is 0 Å². The van der Waals surface area contributed by atoms with Crippen LogP contribution in [0, 0.1) is 0 Å². The third-order valence-electron chi connectivity index (χ3n) is 5.82. The number of nitrogens with zero attached hydrogens (tertiary/aromatic N) is 1. The molecule has 1 fully saturated rings. The molecule has 0 aliphatic carbocycles. The van der Waals surface area contributed by atoms with Gasteiger partial charge in [0.15, 0.2) is 0 Å². The maximum absolute atomic E-state index is 5.49. The molecule has 4 radical (unpaired) electrons. The zero-order valence-electron chi connectivity index (χ0n) is 19.3. The Labute approximate surface area is 204 Å². The molecule has 1 aliphatic heterocycles. The summed E-state index contributed by atoms with van der Waals surface area (Å²) in [5.41, 5.74) is 8.32. The van der Waals surface area contributed by atoms with Crippen LogP contribution in [0.25, 0.3) is 0 Å². The molecule has 0 aromatic heterocycles. The molecule has 1 heterocycles. The van der Waals surface area contributed by atoms with E-state index in [0.29, 0.717) is 6.54 Å². The van der Waals surface area contributed by atoms with Crippen molar-refractivity contribution in [2.24, 2.45) is 5.73 Å². The minimum absolute atomic E-state index is 0. The predicted octanol–water partition coefficient (Wildman–Crippen LogP) is 4.12. The predicted molar refractivity (Wildman–Crippen MR) is 138 cm³/mol. The van der Waals surface area contributed by atoms with Crippen molar-refractivity contribution >= 4 is 65.9 Å². The van der Waals surface area contributed by atoms with Crippen molar-refractivity contribution in [2.45, 2.75) is 61.2 Å². The quantitative estimate of drug-likeness (QED) is 0.489. The summed E-state index contributed by atoms with van der Waals surface area (Å²) in [6, 6.07) is 21.1. The van der Waals surface area contributed by atoms with E-state index in [9.17, 15) is 0 Å². The number of benzene rings is 2. The molecule has 0 amide bonds. The van der Waals surface area contributed by atoms with Crippen molar-refractivity contribution in [1.29, 1.82) is 0 Å². The van der Waals surface area contributed by atoms with Crippen molar-refractivity contribution < 1.29 is 9.41 Å². The van der Waals surface area contributed by atoms with Gasteiger partial charge in [0.1, 0.15) is 0 Å². The molecule has 166 valence electrons. The van der Waals surface area contributed by atoms with Gasteiger partial charge in [0.2, 0.25) is 0 Å². The van der Waals surface area contributed by atoms with Crippen molar-refractivity contribution in [2.75, 3.05) is 0 Å². The van der Waals surface area contributed by atoms with Gasteiger partial charge in [-0.3, -0.25) is 9.41 Å². The van der Waals surface area contributed by atoms with E-state index < -0.39 is 16.5 Å². The summed E-state index contributed by atoms with van der Waals surface area (Å²) in [6.07, 6.45) is 0. The molecule has 2 N–H and O–H groups in total. The Morgan fingerprint density at radius 3 is 1.67 bits per heavy atom. The summed E-state index contributed by atoms with van der Waals surface area (Å²) < 4.78 is 6.15. The molecule has 3 rings (SSSR count). The third kappa shape index (κ3) is 8.65. The van der Waals surface area contributed by atoms with E-state index in [1.807, 2.05) is 0 Å². The van der Waals surface area contributed by atoms with Crippen LogP contribution in [0.1, 0.15) is 11.1 Å². The molecule has 0 saturated carbocycles. The fraction of sp³-hybridized carbons (Fsp3) is 0.455. The first-order chi connectivity index (χ1) is 13.2. The standard InChI is InChI=1S/C13H22NSi2.C7H8N.2CH3.2FH.2Sn/c1-15(2)10-11-16(3,4)14(15)12-13-8-6-5-7-9-13;8-6-7-4-2-1-3-5-7;;;;;;/h5-6,8-9H,10-12H2,1-4H3;1-2,4-5H,6,8H2;2*1H3;2*1H;;. The first-order valence-corrected chi connectivity index (χ1v) is 25.1. The third-order valence-corrected chi connectivity index (χ3v) is 21.2. The van der Waals surface area contributed by atoms with Gasteiger partial charge in [-0.15, -0.1) is 0 Å². The zero-order chi connectivity index (χ0) is 20.8. The molecular formula is C22H38F2N2Si2Sn2. The number of hydrogen-bond acceptors (Lipinski definition) is 2. The van der Waals surface area contributed by atoms with Crippen LogP contribution in [0.5, 0.6) is 0 Å². The van der Waals surface area contributed by atoms with Gasteiger partial charge < -0.3 is 0 Å². The Kier molecular flexibility index (Phi) is 13.8. The van der Waals surface area contributed by atoms with Gasteiger partial charge in [0, 0.05) is 0 Å². The number of nitrogens with two attached hydrogens (primary N) is 1. The molecule has 8 heteroatoms. The Morgan fingerprint density at radius 1 is 0.800 bits per heavy atom. The Bertz CT molecular complexity index is 741. The van der Waals surface area contributed by atoms with Crippen LogP contribution < -0.4 is 12.9 Å². The molecule has 2 aromatic carbocycles. The van der Waals surface area contributed by atoms with Crippen molar-refractivity contribution in [3.63, 3.8) is 0 Å². The normalized spacial score (nSPS) is 16.6. The molecule has 30 heavy (non-hydrogen) atoms. The molecule has 0 unspecified atom stereocenters. The molecular weight excluding hydrogens is 624 g/mol. The van der Waals surface area contributed by atoms with E-state index >= 15 is 0 Å². The topological polar surface area (TPSA) is 29.3 Å². The minimum atomic E-state index is -1.11. The monoisotopic (exact) mass is 664 g/mol. The van der Waals surface area contributed by atoms with Crippen LogP contribution in [-0.2, 0) is 13.1 Å². The van der Waals surface area contributed by atoms with Gasteiger partial charge in [0.25, 0.3) is 0 Å². The van der Waals surface area contributed by atoms with E-state index in [4.69, 9.17) is 5.73 Å². The molecule has 1 saturated heterocycles. The second-order valence-corrected chi connectivity index (χ2v) is 24.7. The summed E-state index contributed by atoms with van der Waals surface area (Å²) in [6.45, 7) is 12.2. The van der Waals surface area contributed by atoms with Gasteiger partial charge in [-0.25, -0.2) is 0 Å². The Morgan fingerprint density at radius 2 is 1.23 bits per heavy atom. The van der Waals surface area contributed by atoms with Gasteiger partial charge in [-0.05, 0) is 0 Å². The molecule has 2 nitrogen and oxygen atoms in total. The van der Waals surface area contributed by atoms with Gasteiger partial charge in [-0.1, -0.05) is 0 Å². The van der Waals surface area contributed by atoms with E-state index in [-0.39, 0.29) is 51.7 Å². The van der Waals surface area contributed by atoms with Gasteiger partial charge >= 0.3 is 197 Å². The van der Waals surface area contributed by atoms with Crippen LogP contribution in [0.2, 0.25) is 48.2 Å². The maximum atomic E-state index is 5.49. The number of hydrogen-bond donors (Lipinski definition) is 1. The van der Waals surface area contributed by atoms with E-state index in [2.05, 4.69) is 88.8 Å². The van der Waals surface area contributed by atoms with Crippen molar-refractivity contribution in [1.82, 2.24) is 4.23 Å². The van der Waals surface area contributed by atoms with E-state index in [1.165, 1.54) is 27.8 Å². The Hall–Kier alpha value is 0.251. The average Bonchev–Trinajstić information content (AvgIpc) is 2.91. The first kappa shape index (κ1) is 30.3. The average molecular weight is 662 g/mol. The molecule has 1 aliphatic rings. The SMILES string of the molecule is F.F.[CH3][Sn][c]1cccc(CN)c1.[CH3][Sn][c]1cccc(CN2[Si](C)(C)CC[Si]2(C)C)c1. The van der Waals surface area contributed by atoms with Gasteiger partial charge in [0.05, 0.1) is 0 Å².